The van der Waals surface area contributed by atoms with Crippen LogP contribution >= 0.6 is 0 Å². The molecule has 2 aromatic carbocycles. The summed E-state index contributed by atoms with van der Waals surface area (Å²) in [6.07, 6.45) is 3.98. The second-order valence-electron chi connectivity index (χ2n) is 8.49. The minimum atomic E-state index is -2.44. The average molecular weight is 378 g/mol. The predicted octanol–water partition coefficient (Wildman–Crippen LogP) is 4.50. The zero-order valence-corrected chi connectivity index (χ0v) is 17.3. The van der Waals surface area contributed by atoms with Crippen LogP contribution < -0.4 is 10.4 Å². The standard InChI is InChI=1S/C23H27NO2Si/c1-23(2,3)27(20-10-6-4-7-11-20,21-12-8-5-9-13-21)26-19-16-18(17-19)22-14-15-24-25-22/h4-15,18-19H,16-17H2,1-3H3. The molecule has 0 unspecified atom stereocenters. The molecule has 1 fully saturated rings. The number of nitrogens with zero attached hydrogens (tertiary/aromatic N) is 1. The van der Waals surface area contributed by atoms with Crippen LogP contribution in [0.1, 0.15) is 45.3 Å². The van der Waals surface area contributed by atoms with Crippen LogP contribution in [-0.2, 0) is 4.43 Å². The van der Waals surface area contributed by atoms with Gasteiger partial charge in [-0.2, -0.15) is 0 Å². The molecule has 1 heterocycles. The Balaban J connectivity index is 1.70. The van der Waals surface area contributed by atoms with Crippen molar-refractivity contribution in [2.24, 2.45) is 0 Å². The molecule has 1 saturated carbocycles. The maximum atomic E-state index is 7.12. The summed E-state index contributed by atoms with van der Waals surface area (Å²) in [5.41, 5.74) is 0. The lowest BCUT2D eigenvalue weighted by Crippen LogP contribution is -2.68. The van der Waals surface area contributed by atoms with E-state index in [1.54, 1.807) is 6.20 Å². The van der Waals surface area contributed by atoms with Gasteiger partial charge in [-0.1, -0.05) is 86.6 Å². The van der Waals surface area contributed by atoms with Crippen molar-refractivity contribution in [2.45, 2.75) is 50.7 Å². The van der Waals surface area contributed by atoms with Crippen molar-refractivity contribution in [3.05, 3.63) is 78.7 Å². The van der Waals surface area contributed by atoms with Gasteiger partial charge in [0.15, 0.2) is 0 Å². The monoisotopic (exact) mass is 377 g/mol. The molecule has 1 aliphatic carbocycles. The molecule has 0 aliphatic heterocycles. The Hall–Kier alpha value is -2.17. The van der Waals surface area contributed by atoms with Crippen molar-refractivity contribution in [1.29, 1.82) is 0 Å². The lowest BCUT2D eigenvalue weighted by molar-refractivity contribution is 0.0776. The van der Waals surface area contributed by atoms with E-state index in [0.717, 1.165) is 18.6 Å². The van der Waals surface area contributed by atoms with E-state index in [1.165, 1.54) is 10.4 Å². The van der Waals surface area contributed by atoms with Crippen LogP contribution in [0.2, 0.25) is 5.04 Å². The normalized spacial score (nSPS) is 20.3. The third-order valence-electron chi connectivity index (χ3n) is 5.72. The smallest absolute Gasteiger partial charge is 0.261 e. The summed E-state index contributed by atoms with van der Waals surface area (Å²) in [5, 5.41) is 6.55. The Morgan fingerprint density at radius 3 is 1.89 bits per heavy atom. The van der Waals surface area contributed by atoms with Crippen LogP contribution in [0, 0.1) is 0 Å². The SMILES string of the molecule is CC(C)(C)[Si](OC1CC(c2ccno2)C1)(c1ccccc1)c1ccccc1. The van der Waals surface area contributed by atoms with Gasteiger partial charge in [0.2, 0.25) is 0 Å². The predicted molar refractivity (Wildman–Crippen MR) is 111 cm³/mol. The van der Waals surface area contributed by atoms with Crippen molar-refractivity contribution >= 4 is 18.7 Å². The van der Waals surface area contributed by atoms with E-state index in [4.69, 9.17) is 8.95 Å². The van der Waals surface area contributed by atoms with Crippen LogP contribution in [-0.4, -0.2) is 19.6 Å². The van der Waals surface area contributed by atoms with Crippen molar-refractivity contribution in [2.75, 3.05) is 0 Å². The minimum Gasteiger partial charge on any atom is -0.404 e. The van der Waals surface area contributed by atoms with Gasteiger partial charge < -0.3 is 8.95 Å². The molecule has 3 aromatic rings. The van der Waals surface area contributed by atoms with Crippen LogP contribution in [0.3, 0.4) is 0 Å². The van der Waals surface area contributed by atoms with E-state index in [9.17, 15) is 0 Å². The Labute approximate surface area is 162 Å². The highest BCUT2D eigenvalue weighted by atomic mass is 28.4. The van der Waals surface area contributed by atoms with E-state index < -0.39 is 8.32 Å². The molecule has 0 amide bonds. The summed E-state index contributed by atoms with van der Waals surface area (Å²) >= 11 is 0. The number of benzene rings is 2. The second kappa shape index (κ2) is 7.10. The molecule has 0 N–H and O–H groups in total. The average Bonchev–Trinajstić information content (AvgIpc) is 3.15. The number of hydrogen-bond donors (Lipinski definition) is 0. The minimum absolute atomic E-state index is 0.0209. The van der Waals surface area contributed by atoms with E-state index in [0.29, 0.717) is 5.92 Å². The fraction of sp³-hybridized carbons (Fsp3) is 0.348. The molecule has 140 valence electrons. The van der Waals surface area contributed by atoms with Gasteiger partial charge in [0.05, 0.1) is 6.20 Å². The van der Waals surface area contributed by atoms with Crippen LogP contribution in [0.5, 0.6) is 0 Å². The largest absolute Gasteiger partial charge is 0.404 e. The van der Waals surface area contributed by atoms with Crippen LogP contribution in [0.25, 0.3) is 0 Å². The highest BCUT2D eigenvalue weighted by Crippen LogP contribution is 2.44. The zero-order valence-electron chi connectivity index (χ0n) is 16.3. The van der Waals surface area contributed by atoms with Crippen molar-refractivity contribution in [3.63, 3.8) is 0 Å². The molecule has 1 aromatic heterocycles. The zero-order chi connectivity index (χ0) is 18.9. The molecule has 4 rings (SSSR count). The van der Waals surface area contributed by atoms with Gasteiger partial charge in [-0.15, -0.1) is 0 Å². The first-order chi connectivity index (χ1) is 13.0. The molecule has 0 saturated heterocycles. The summed E-state index contributed by atoms with van der Waals surface area (Å²) in [4.78, 5) is 0. The molecule has 0 spiro atoms. The fourth-order valence-electron chi connectivity index (χ4n) is 4.27. The Kier molecular flexibility index (Phi) is 4.78. The molecule has 0 atom stereocenters. The molecular formula is C23H27NO2Si. The number of aromatic nitrogens is 1. The fourth-order valence-corrected chi connectivity index (χ4v) is 8.98. The van der Waals surface area contributed by atoms with E-state index in [1.807, 2.05) is 6.07 Å². The first kappa shape index (κ1) is 18.2. The van der Waals surface area contributed by atoms with Gasteiger partial charge >= 0.3 is 0 Å². The molecule has 0 bridgehead atoms. The van der Waals surface area contributed by atoms with Gasteiger partial charge in [-0.05, 0) is 28.3 Å². The first-order valence-electron chi connectivity index (χ1n) is 9.70. The Bertz CT molecular complexity index is 811. The van der Waals surface area contributed by atoms with E-state index in [2.05, 4.69) is 86.6 Å². The molecule has 1 aliphatic rings. The molecule has 3 nitrogen and oxygen atoms in total. The highest BCUT2D eigenvalue weighted by molar-refractivity contribution is 6.99. The number of rotatable bonds is 5. The van der Waals surface area contributed by atoms with E-state index >= 15 is 0 Å². The Morgan fingerprint density at radius 1 is 0.889 bits per heavy atom. The van der Waals surface area contributed by atoms with Crippen LogP contribution in [0.15, 0.2) is 77.4 Å². The summed E-state index contributed by atoms with van der Waals surface area (Å²) in [5.74, 6) is 1.41. The summed E-state index contributed by atoms with van der Waals surface area (Å²) in [7, 11) is -2.44. The van der Waals surface area contributed by atoms with Gasteiger partial charge in [0, 0.05) is 18.1 Å². The van der Waals surface area contributed by atoms with Crippen molar-refractivity contribution < 1.29 is 8.95 Å². The van der Waals surface area contributed by atoms with Crippen molar-refractivity contribution in [3.8, 4) is 0 Å². The molecule has 0 radical (unpaired) electrons. The third-order valence-corrected chi connectivity index (χ3v) is 10.8. The second-order valence-corrected chi connectivity index (χ2v) is 12.7. The molecule has 4 heteroatoms. The number of hydrogen-bond acceptors (Lipinski definition) is 3. The van der Waals surface area contributed by atoms with Gasteiger partial charge in [-0.25, -0.2) is 0 Å². The topological polar surface area (TPSA) is 35.3 Å². The summed E-state index contributed by atoms with van der Waals surface area (Å²) in [6.45, 7) is 6.98. The van der Waals surface area contributed by atoms with Gasteiger partial charge in [0.1, 0.15) is 5.76 Å². The maximum Gasteiger partial charge on any atom is 0.261 e. The summed E-state index contributed by atoms with van der Waals surface area (Å²) < 4.78 is 12.5. The lowest BCUT2D eigenvalue weighted by atomic mass is 9.81. The molecule has 27 heavy (non-hydrogen) atoms. The Morgan fingerprint density at radius 2 is 1.44 bits per heavy atom. The van der Waals surface area contributed by atoms with Gasteiger partial charge in [0.25, 0.3) is 8.32 Å². The van der Waals surface area contributed by atoms with Crippen molar-refractivity contribution in [1.82, 2.24) is 5.16 Å². The first-order valence-corrected chi connectivity index (χ1v) is 11.6. The van der Waals surface area contributed by atoms with E-state index in [-0.39, 0.29) is 11.1 Å². The molecular weight excluding hydrogens is 350 g/mol. The van der Waals surface area contributed by atoms with Gasteiger partial charge in [-0.3, -0.25) is 0 Å². The third kappa shape index (κ3) is 3.28. The highest BCUT2D eigenvalue weighted by Gasteiger charge is 2.53. The van der Waals surface area contributed by atoms with Crippen LogP contribution in [0.4, 0.5) is 0 Å². The summed E-state index contributed by atoms with van der Waals surface area (Å²) in [6, 6.07) is 23.7. The lowest BCUT2D eigenvalue weighted by Gasteiger charge is -2.48. The maximum absolute atomic E-state index is 7.12. The quantitative estimate of drug-likeness (QED) is 0.614.